The van der Waals surface area contributed by atoms with Crippen LogP contribution in [0, 0.1) is 0 Å². The zero-order valence-corrected chi connectivity index (χ0v) is 16.1. The first-order chi connectivity index (χ1) is 12.7. The third-order valence-electron chi connectivity index (χ3n) is 4.66. The molecule has 0 spiro atoms. The summed E-state index contributed by atoms with van der Waals surface area (Å²) in [6.07, 6.45) is 3.44. The van der Waals surface area contributed by atoms with Crippen LogP contribution in [0.25, 0.3) is 6.08 Å². The summed E-state index contributed by atoms with van der Waals surface area (Å²) in [5, 5.41) is 4.32. The average molecular weight is 373 g/mol. The van der Waals surface area contributed by atoms with Crippen molar-refractivity contribution in [1.29, 1.82) is 0 Å². The number of ether oxygens (including phenoxy) is 2. The molecule has 0 unspecified atom stereocenters. The van der Waals surface area contributed by atoms with E-state index >= 15 is 0 Å². The van der Waals surface area contributed by atoms with Gasteiger partial charge in [0, 0.05) is 23.3 Å². The summed E-state index contributed by atoms with van der Waals surface area (Å²) < 4.78 is 10.6. The molecule has 26 heavy (non-hydrogen) atoms. The second kappa shape index (κ2) is 8.87. The van der Waals surface area contributed by atoms with Crippen molar-refractivity contribution >= 4 is 23.3 Å². The van der Waals surface area contributed by atoms with Gasteiger partial charge in [-0.15, -0.1) is 0 Å². The molecule has 2 heterocycles. The molecule has 1 aromatic heterocycles. The van der Waals surface area contributed by atoms with Crippen LogP contribution in [0.15, 0.2) is 41.1 Å². The number of methoxy groups -OCH3 is 2. The molecule has 1 N–H and O–H groups in total. The number of amides is 1. The number of rotatable bonds is 6. The summed E-state index contributed by atoms with van der Waals surface area (Å²) >= 11 is 1.74. The number of piperazine rings is 1. The lowest BCUT2D eigenvalue weighted by Crippen LogP contribution is -3.13. The Kier molecular flexibility index (Phi) is 6.30. The van der Waals surface area contributed by atoms with Crippen molar-refractivity contribution in [1.82, 2.24) is 4.90 Å². The number of hydrogen-bond donors (Lipinski definition) is 1. The Morgan fingerprint density at radius 3 is 2.69 bits per heavy atom. The van der Waals surface area contributed by atoms with E-state index in [0.29, 0.717) is 5.75 Å². The smallest absolute Gasteiger partial charge is 0.246 e. The van der Waals surface area contributed by atoms with Gasteiger partial charge in [-0.2, -0.15) is 11.3 Å². The van der Waals surface area contributed by atoms with E-state index in [4.69, 9.17) is 9.47 Å². The van der Waals surface area contributed by atoms with Crippen molar-refractivity contribution in [2.75, 3.05) is 40.4 Å². The number of thiophene rings is 1. The summed E-state index contributed by atoms with van der Waals surface area (Å²) in [7, 11) is 3.23. The van der Waals surface area contributed by atoms with Crippen LogP contribution in [0.4, 0.5) is 0 Å². The molecule has 6 heteroatoms. The topological polar surface area (TPSA) is 43.2 Å². The molecule has 0 radical (unpaired) electrons. The fourth-order valence-corrected chi connectivity index (χ4v) is 3.79. The normalized spacial score (nSPS) is 15.4. The Morgan fingerprint density at radius 1 is 1.23 bits per heavy atom. The van der Waals surface area contributed by atoms with Gasteiger partial charge in [0.05, 0.1) is 40.4 Å². The van der Waals surface area contributed by atoms with Crippen LogP contribution < -0.4 is 14.4 Å². The van der Waals surface area contributed by atoms with Crippen LogP contribution in [0.2, 0.25) is 0 Å². The molecule has 1 saturated heterocycles. The Hall–Kier alpha value is -2.31. The summed E-state index contributed by atoms with van der Waals surface area (Å²) in [4.78, 5) is 15.9. The largest absolute Gasteiger partial charge is 0.497 e. The molecule has 1 amide bonds. The number of nitrogens with one attached hydrogen (secondary N) is 1. The zero-order valence-electron chi connectivity index (χ0n) is 15.2. The van der Waals surface area contributed by atoms with E-state index in [2.05, 4.69) is 16.8 Å². The van der Waals surface area contributed by atoms with Crippen LogP contribution >= 0.6 is 11.3 Å². The van der Waals surface area contributed by atoms with Gasteiger partial charge in [-0.05, 0) is 35.0 Å². The summed E-state index contributed by atoms with van der Waals surface area (Å²) in [6.45, 7) is 4.61. The lowest BCUT2D eigenvalue weighted by atomic mass is 10.1. The summed E-state index contributed by atoms with van der Waals surface area (Å²) in [6, 6.07) is 7.75. The van der Waals surface area contributed by atoms with Crippen molar-refractivity contribution in [2.24, 2.45) is 0 Å². The minimum atomic E-state index is 0.0532. The van der Waals surface area contributed by atoms with Gasteiger partial charge < -0.3 is 19.3 Å². The first-order valence-electron chi connectivity index (χ1n) is 8.73. The van der Waals surface area contributed by atoms with Crippen LogP contribution in [0.1, 0.15) is 11.1 Å². The fourth-order valence-electron chi connectivity index (χ4n) is 3.12. The molecule has 3 rings (SSSR count). The van der Waals surface area contributed by atoms with Crippen LogP contribution in [-0.2, 0) is 11.3 Å². The molecule has 0 saturated carbocycles. The lowest BCUT2D eigenvalue weighted by Gasteiger charge is -2.31. The number of benzene rings is 1. The Bertz CT molecular complexity index is 750. The lowest BCUT2D eigenvalue weighted by molar-refractivity contribution is -0.917. The zero-order chi connectivity index (χ0) is 18.4. The van der Waals surface area contributed by atoms with Gasteiger partial charge in [0.15, 0.2) is 0 Å². The van der Waals surface area contributed by atoms with E-state index in [-0.39, 0.29) is 5.91 Å². The van der Waals surface area contributed by atoms with Gasteiger partial charge >= 0.3 is 0 Å². The molecule has 1 aromatic carbocycles. The third-order valence-corrected chi connectivity index (χ3v) is 5.39. The Morgan fingerprint density at radius 2 is 2.04 bits per heavy atom. The van der Waals surface area contributed by atoms with Gasteiger partial charge in [0.2, 0.25) is 5.91 Å². The minimum Gasteiger partial charge on any atom is -0.497 e. The van der Waals surface area contributed by atoms with Crippen molar-refractivity contribution in [3.63, 3.8) is 0 Å². The molecule has 1 aliphatic heterocycles. The maximum atomic E-state index is 12.5. The molecule has 1 fully saturated rings. The summed E-state index contributed by atoms with van der Waals surface area (Å²) in [5.74, 6) is 1.48. The van der Waals surface area contributed by atoms with E-state index in [0.717, 1.165) is 44.0 Å². The molecule has 0 atom stereocenters. The third kappa shape index (κ3) is 4.65. The number of carbonyl (C=O) groups is 1. The molecule has 0 aliphatic carbocycles. The first kappa shape index (κ1) is 18.5. The van der Waals surface area contributed by atoms with Crippen molar-refractivity contribution in [2.45, 2.75) is 6.54 Å². The highest BCUT2D eigenvalue weighted by Gasteiger charge is 2.22. The van der Waals surface area contributed by atoms with Gasteiger partial charge in [-0.25, -0.2) is 0 Å². The molecular formula is C20H25N2O3S+. The van der Waals surface area contributed by atoms with Crippen molar-refractivity contribution < 1.29 is 19.2 Å². The molecule has 0 bridgehead atoms. The molecule has 2 aromatic rings. The number of hydrogen-bond acceptors (Lipinski definition) is 4. The van der Waals surface area contributed by atoms with Crippen molar-refractivity contribution in [3.05, 3.63) is 52.2 Å². The van der Waals surface area contributed by atoms with Crippen LogP contribution in [0.3, 0.4) is 0 Å². The predicted octanol–water partition coefficient (Wildman–Crippen LogP) is 1.71. The fraction of sp³-hybridized carbons (Fsp3) is 0.350. The SMILES string of the molecule is COc1ccc(/C=C/C(=O)N2CC[NH+](Cc3ccsc3)CC2)c(OC)c1. The molecular weight excluding hydrogens is 348 g/mol. The van der Waals surface area contributed by atoms with Crippen molar-refractivity contribution in [3.8, 4) is 11.5 Å². The highest BCUT2D eigenvalue weighted by Crippen LogP contribution is 2.25. The maximum Gasteiger partial charge on any atom is 0.246 e. The van der Waals surface area contributed by atoms with E-state index in [9.17, 15) is 4.79 Å². The predicted molar refractivity (Wildman–Crippen MR) is 104 cm³/mol. The number of nitrogens with zero attached hydrogens (tertiary/aromatic N) is 1. The van der Waals surface area contributed by atoms with Gasteiger partial charge in [0.1, 0.15) is 18.0 Å². The number of carbonyl (C=O) groups excluding carboxylic acids is 1. The monoisotopic (exact) mass is 373 g/mol. The molecule has 1 aliphatic rings. The maximum absolute atomic E-state index is 12.5. The van der Waals surface area contributed by atoms with E-state index in [1.807, 2.05) is 29.2 Å². The van der Waals surface area contributed by atoms with E-state index in [1.165, 1.54) is 10.5 Å². The highest BCUT2D eigenvalue weighted by molar-refractivity contribution is 7.07. The number of quaternary nitrogens is 1. The molecule has 138 valence electrons. The standard InChI is InChI=1S/C20H24N2O3S/c1-24-18-5-3-17(19(13-18)25-2)4-6-20(23)22-10-8-21(9-11-22)14-16-7-12-26-15-16/h3-7,12-13,15H,8-11,14H2,1-2H3/p+1/b6-4+. The van der Waals surface area contributed by atoms with Crippen LogP contribution in [-0.4, -0.2) is 51.2 Å². The summed E-state index contributed by atoms with van der Waals surface area (Å²) in [5.41, 5.74) is 2.25. The van der Waals surface area contributed by atoms with Crippen LogP contribution in [0.5, 0.6) is 11.5 Å². The average Bonchev–Trinajstić information content (AvgIpc) is 3.19. The van der Waals surface area contributed by atoms with Gasteiger partial charge in [0.25, 0.3) is 0 Å². The quantitative estimate of drug-likeness (QED) is 0.784. The van der Waals surface area contributed by atoms with Gasteiger partial charge in [-0.3, -0.25) is 4.79 Å². The first-order valence-corrected chi connectivity index (χ1v) is 9.67. The van der Waals surface area contributed by atoms with Gasteiger partial charge in [-0.1, -0.05) is 0 Å². The second-order valence-electron chi connectivity index (χ2n) is 6.32. The van der Waals surface area contributed by atoms with E-state index < -0.39 is 0 Å². The second-order valence-corrected chi connectivity index (χ2v) is 7.10. The Labute approximate surface area is 158 Å². The highest BCUT2D eigenvalue weighted by atomic mass is 32.1. The minimum absolute atomic E-state index is 0.0532. The Balaban J connectivity index is 1.55. The van der Waals surface area contributed by atoms with E-state index in [1.54, 1.807) is 31.6 Å². The molecule has 5 nitrogen and oxygen atoms in total.